The summed E-state index contributed by atoms with van der Waals surface area (Å²) < 4.78 is 33.0. The lowest BCUT2D eigenvalue weighted by molar-refractivity contribution is 0.0300. The zero-order valence-electron chi connectivity index (χ0n) is 15.9. The summed E-state index contributed by atoms with van der Waals surface area (Å²) in [6.07, 6.45) is 1.89. The highest BCUT2D eigenvalue weighted by Crippen LogP contribution is 2.27. The highest BCUT2D eigenvalue weighted by Gasteiger charge is 2.30. The van der Waals surface area contributed by atoms with Crippen LogP contribution in [0.2, 0.25) is 0 Å². The van der Waals surface area contributed by atoms with Gasteiger partial charge in [0.05, 0.1) is 23.7 Å². The Bertz CT molecular complexity index is 771. The molecule has 2 fully saturated rings. The monoisotopic (exact) mass is 413 g/mol. The van der Waals surface area contributed by atoms with Crippen LogP contribution in [0.15, 0.2) is 28.0 Å². The molecule has 150 valence electrons. The maximum Gasteiger partial charge on any atom is 0.255 e. The van der Waals surface area contributed by atoms with Gasteiger partial charge >= 0.3 is 0 Å². The van der Waals surface area contributed by atoms with Gasteiger partial charge in [-0.1, -0.05) is 6.92 Å². The van der Waals surface area contributed by atoms with E-state index in [1.54, 1.807) is 23.1 Å². The zero-order valence-corrected chi connectivity index (χ0v) is 17.5. The van der Waals surface area contributed by atoms with Crippen LogP contribution < -0.4 is 0 Å². The van der Waals surface area contributed by atoms with Crippen molar-refractivity contribution in [3.63, 3.8) is 0 Å². The quantitative estimate of drug-likeness (QED) is 0.676. The summed E-state index contributed by atoms with van der Waals surface area (Å²) in [6, 6.07) is 4.90. The number of morpholine rings is 1. The molecule has 0 radical (unpaired) electrons. The Morgan fingerprint density at radius 1 is 1.11 bits per heavy atom. The van der Waals surface area contributed by atoms with Crippen molar-refractivity contribution in [2.75, 3.05) is 65.3 Å². The Kier molecular flexibility index (Phi) is 6.80. The van der Waals surface area contributed by atoms with Gasteiger partial charge < -0.3 is 14.5 Å². The Morgan fingerprint density at radius 3 is 2.37 bits per heavy atom. The number of likely N-dealkylation sites (N-methyl/N-ethyl adjacent to an activating group) is 1. The molecule has 1 aromatic rings. The number of rotatable bonds is 5. The summed E-state index contributed by atoms with van der Waals surface area (Å²) in [7, 11) is -3.60. The van der Waals surface area contributed by atoms with E-state index in [1.165, 1.54) is 16.1 Å². The lowest BCUT2D eigenvalue weighted by atomic mass is 10.2. The lowest BCUT2D eigenvalue weighted by Crippen LogP contribution is -2.48. The molecule has 2 aliphatic rings. The van der Waals surface area contributed by atoms with Crippen molar-refractivity contribution in [3.8, 4) is 0 Å². The summed E-state index contributed by atoms with van der Waals surface area (Å²) in [6.45, 7) is 7.52. The van der Waals surface area contributed by atoms with E-state index >= 15 is 0 Å². The van der Waals surface area contributed by atoms with Crippen LogP contribution in [0.4, 0.5) is 0 Å². The molecule has 9 heteroatoms. The van der Waals surface area contributed by atoms with Crippen molar-refractivity contribution in [1.29, 1.82) is 0 Å². The molecular formula is C18H27N3O4S2. The van der Waals surface area contributed by atoms with Crippen LogP contribution in [0.5, 0.6) is 0 Å². The van der Waals surface area contributed by atoms with E-state index in [-0.39, 0.29) is 10.8 Å². The molecule has 2 heterocycles. The fourth-order valence-corrected chi connectivity index (χ4v) is 5.41. The molecule has 0 aromatic heterocycles. The Labute approximate surface area is 165 Å². The Balaban J connectivity index is 1.86. The number of piperazine rings is 1. The van der Waals surface area contributed by atoms with Crippen molar-refractivity contribution in [3.05, 3.63) is 23.8 Å². The van der Waals surface area contributed by atoms with E-state index in [1.807, 2.05) is 6.26 Å². The van der Waals surface area contributed by atoms with Gasteiger partial charge in [0.15, 0.2) is 0 Å². The van der Waals surface area contributed by atoms with E-state index < -0.39 is 10.0 Å². The van der Waals surface area contributed by atoms with Gasteiger partial charge in [0, 0.05) is 44.2 Å². The maximum absolute atomic E-state index is 13.1. The fourth-order valence-electron chi connectivity index (χ4n) is 3.39. The minimum atomic E-state index is -3.60. The number of amides is 1. The topological polar surface area (TPSA) is 70.2 Å². The van der Waals surface area contributed by atoms with Gasteiger partial charge in [-0.3, -0.25) is 4.79 Å². The first-order valence-electron chi connectivity index (χ1n) is 9.25. The second-order valence-electron chi connectivity index (χ2n) is 6.61. The Morgan fingerprint density at radius 2 is 1.78 bits per heavy atom. The van der Waals surface area contributed by atoms with Crippen molar-refractivity contribution in [1.82, 2.24) is 14.1 Å². The van der Waals surface area contributed by atoms with Gasteiger partial charge in [0.1, 0.15) is 0 Å². The summed E-state index contributed by atoms with van der Waals surface area (Å²) in [5.41, 5.74) is 0.456. The van der Waals surface area contributed by atoms with Crippen molar-refractivity contribution >= 4 is 27.7 Å². The molecule has 2 saturated heterocycles. The van der Waals surface area contributed by atoms with Crippen molar-refractivity contribution < 1.29 is 17.9 Å². The molecule has 0 aliphatic carbocycles. The molecule has 0 saturated carbocycles. The molecule has 0 unspecified atom stereocenters. The van der Waals surface area contributed by atoms with Crippen molar-refractivity contribution in [2.45, 2.75) is 16.7 Å². The van der Waals surface area contributed by atoms with E-state index in [0.29, 0.717) is 45.0 Å². The number of carbonyl (C=O) groups is 1. The number of hydrogen-bond donors (Lipinski definition) is 0. The van der Waals surface area contributed by atoms with Crippen LogP contribution >= 0.6 is 11.8 Å². The third-order valence-electron chi connectivity index (χ3n) is 5.12. The number of nitrogens with zero attached hydrogens (tertiary/aromatic N) is 3. The predicted octanol–water partition coefficient (Wildman–Crippen LogP) is 1.21. The molecule has 0 N–H and O–H groups in total. The van der Waals surface area contributed by atoms with Gasteiger partial charge in [-0.15, -0.1) is 11.8 Å². The number of hydrogen-bond acceptors (Lipinski definition) is 6. The fraction of sp³-hybridized carbons (Fsp3) is 0.611. The third-order valence-corrected chi connectivity index (χ3v) is 7.81. The lowest BCUT2D eigenvalue weighted by Gasteiger charge is -2.33. The number of sulfonamides is 1. The van der Waals surface area contributed by atoms with Gasteiger partial charge in [-0.05, 0) is 31.0 Å². The molecule has 3 rings (SSSR count). The van der Waals surface area contributed by atoms with E-state index in [4.69, 9.17) is 4.74 Å². The molecule has 1 aromatic carbocycles. The summed E-state index contributed by atoms with van der Waals surface area (Å²) in [5.74, 6) is -0.129. The van der Waals surface area contributed by atoms with Gasteiger partial charge in [0.2, 0.25) is 10.0 Å². The van der Waals surface area contributed by atoms with E-state index in [9.17, 15) is 13.2 Å². The summed E-state index contributed by atoms with van der Waals surface area (Å²) >= 11 is 1.45. The average molecular weight is 414 g/mol. The number of thioether (sulfide) groups is 1. The van der Waals surface area contributed by atoms with Crippen LogP contribution in [0, 0.1) is 0 Å². The van der Waals surface area contributed by atoms with Crippen LogP contribution in [0.1, 0.15) is 17.3 Å². The maximum atomic E-state index is 13.1. The molecule has 0 atom stereocenters. The highest BCUT2D eigenvalue weighted by atomic mass is 32.2. The number of ether oxygens (including phenoxy) is 1. The molecule has 2 aliphatic heterocycles. The molecule has 0 bridgehead atoms. The molecular weight excluding hydrogens is 386 g/mol. The second kappa shape index (κ2) is 8.91. The SMILES string of the molecule is CCN1CCN(S(=O)(=O)c2ccc(SC)c(C(=O)N3CCOCC3)c2)CC1. The summed E-state index contributed by atoms with van der Waals surface area (Å²) in [5, 5.41) is 0. The van der Waals surface area contributed by atoms with Crippen LogP contribution in [0.3, 0.4) is 0 Å². The summed E-state index contributed by atoms with van der Waals surface area (Å²) in [4.78, 5) is 17.9. The van der Waals surface area contributed by atoms with Crippen LogP contribution in [-0.2, 0) is 14.8 Å². The van der Waals surface area contributed by atoms with Crippen LogP contribution in [-0.4, -0.2) is 93.7 Å². The normalized spacial score (nSPS) is 20.0. The van der Waals surface area contributed by atoms with Gasteiger partial charge in [0.25, 0.3) is 5.91 Å². The second-order valence-corrected chi connectivity index (χ2v) is 9.39. The largest absolute Gasteiger partial charge is 0.378 e. The Hall–Kier alpha value is -1.13. The zero-order chi connectivity index (χ0) is 19.4. The van der Waals surface area contributed by atoms with E-state index in [2.05, 4.69) is 11.8 Å². The van der Waals surface area contributed by atoms with Crippen molar-refractivity contribution in [2.24, 2.45) is 0 Å². The first kappa shape index (κ1) is 20.6. The predicted molar refractivity (Wildman–Crippen MR) is 106 cm³/mol. The molecule has 1 amide bonds. The molecule has 7 nitrogen and oxygen atoms in total. The number of carbonyl (C=O) groups excluding carboxylic acids is 1. The first-order chi connectivity index (χ1) is 13.0. The van der Waals surface area contributed by atoms with Gasteiger partial charge in [-0.25, -0.2) is 8.42 Å². The smallest absolute Gasteiger partial charge is 0.255 e. The molecule has 0 spiro atoms. The minimum Gasteiger partial charge on any atom is -0.378 e. The average Bonchev–Trinajstić information content (AvgIpc) is 2.73. The molecule has 27 heavy (non-hydrogen) atoms. The van der Waals surface area contributed by atoms with E-state index in [0.717, 1.165) is 24.5 Å². The standard InChI is InChI=1S/C18H27N3O4S2/c1-3-19-6-8-21(9-7-19)27(23,24)15-4-5-17(26-2)16(14-15)18(22)20-10-12-25-13-11-20/h4-5,14H,3,6-13H2,1-2H3. The highest BCUT2D eigenvalue weighted by molar-refractivity contribution is 7.98. The van der Waals surface area contributed by atoms with Gasteiger partial charge in [-0.2, -0.15) is 4.31 Å². The first-order valence-corrected chi connectivity index (χ1v) is 11.9. The minimum absolute atomic E-state index is 0.129. The van der Waals surface area contributed by atoms with Crippen LogP contribution in [0.25, 0.3) is 0 Å². The third kappa shape index (κ3) is 4.48. The number of benzene rings is 1.